The zero-order valence-corrected chi connectivity index (χ0v) is 11.1. The lowest BCUT2D eigenvalue weighted by molar-refractivity contribution is 0.141. The summed E-state index contributed by atoms with van der Waals surface area (Å²) >= 11 is 0. The van der Waals surface area contributed by atoms with Gasteiger partial charge in [0.2, 0.25) is 0 Å². The molecule has 0 amide bonds. The summed E-state index contributed by atoms with van der Waals surface area (Å²) < 4.78 is 5.50. The van der Waals surface area contributed by atoms with Gasteiger partial charge in [0.15, 0.2) is 0 Å². The molecule has 0 atom stereocenters. The molecule has 0 unspecified atom stereocenters. The topological polar surface area (TPSA) is 35.2 Å². The highest BCUT2D eigenvalue weighted by atomic mass is 16.5. The number of aryl methyl sites for hydroxylation is 1. The Morgan fingerprint density at radius 3 is 2.65 bits per heavy atom. The molecule has 2 heteroatoms. The van der Waals surface area contributed by atoms with Crippen LogP contribution in [0.5, 0.6) is 5.75 Å². The highest BCUT2D eigenvalue weighted by Gasteiger charge is 2.45. The monoisotopic (exact) mass is 233 g/mol. The number of nitrogens with two attached hydrogens (primary N) is 1. The summed E-state index contributed by atoms with van der Waals surface area (Å²) in [5.74, 6) is 1.83. The van der Waals surface area contributed by atoms with Crippen LogP contribution < -0.4 is 10.5 Å². The molecule has 2 rings (SSSR count). The molecule has 2 N–H and O–H groups in total. The molecule has 17 heavy (non-hydrogen) atoms. The Morgan fingerprint density at radius 1 is 1.41 bits per heavy atom. The third-order valence-electron chi connectivity index (χ3n) is 4.25. The number of ether oxygens (including phenoxy) is 1. The average molecular weight is 233 g/mol. The third-order valence-corrected chi connectivity index (χ3v) is 4.25. The Hall–Kier alpha value is -1.02. The van der Waals surface area contributed by atoms with E-state index in [1.165, 1.54) is 30.4 Å². The Bertz CT molecular complexity index is 394. The van der Waals surface area contributed by atoms with Crippen molar-refractivity contribution < 1.29 is 4.74 Å². The fourth-order valence-electron chi connectivity index (χ4n) is 3.07. The van der Waals surface area contributed by atoms with Crippen LogP contribution >= 0.6 is 0 Å². The molecule has 0 aliphatic heterocycles. The van der Waals surface area contributed by atoms with Crippen molar-refractivity contribution in [1.29, 1.82) is 0 Å². The SMILES string of the molecule is CCC1CC(CN)(c2cc(C)ccc2OC)C1. The van der Waals surface area contributed by atoms with Gasteiger partial charge in [-0.2, -0.15) is 0 Å². The van der Waals surface area contributed by atoms with Gasteiger partial charge in [0.05, 0.1) is 7.11 Å². The Morgan fingerprint density at radius 2 is 2.12 bits per heavy atom. The predicted octanol–water partition coefficient (Wildman–Crippen LogP) is 3.02. The molecule has 1 aromatic carbocycles. The molecule has 1 fully saturated rings. The summed E-state index contributed by atoms with van der Waals surface area (Å²) in [6.45, 7) is 5.12. The predicted molar refractivity (Wildman–Crippen MR) is 71.5 cm³/mol. The van der Waals surface area contributed by atoms with E-state index in [0.29, 0.717) is 0 Å². The molecule has 1 aliphatic carbocycles. The van der Waals surface area contributed by atoms with Crippen LogP contribution in [-0.2, 0) is 5.41 Å². The second kappa shape index (κ2) is 4.69. The summed E-state index contributed by atoms with van der Waals surface area (Å²) in [6, 6.07) is 6.42. The van der Waals surface area contributed by atoms with Crippen molar-refractivity contribution in [3.63, 3.8) is 0 Å². The van der Waals surface area contributed by atoms with Crippen molar-refractivity contribution >= 4 is 0 Å². The van der Waals surface area contributed by atoms with E-state index >= 15 is 0 Å². The van der Waals surface area contributed by atoms with Crippen molar-refractivity contribution in [3.05, 3.63) is 29.3 Å². The standard InChI is InChI=1S/C15H23NO/c1-4-12-8-15(9-12,10-16)13-7-11(2)5-6-14(13)17-3/h5-7,12H,4,8-10,16H2,1-3H3. The molecule has 0 aromatic heterocycles. The van der Waals surface area contributed by atoms with Gasteiger partial charge in [0.25, 0.3) is 0 Å². The smallest absolute Gasteiger partial charge is 0.122 e. The van der Waals surface area contributed by atoms with E-state index in [0.717, 1.165) is 18.2 Å². The minimum Gasteiger partial charge on any atom is -0.496 e. The average Bonchev–Trinajstić information content (AvgIpc) is 2.29. The Balaban J connectivity index is 2.34. The van der Waals surface area contributed by atoms with E-state index in [9.17, 15) is 0 Å². The fraction of sp³-hybridized carbons (Fsp3) is 0.600. The van der Waals surface area contributed by atoms with Gasteiger partial charge in [-0.05, 0) is 31.7 Å². The highest BCUT2D eigenvalue weighted by Crippen LogP contribution is 2.51. The number of hydrogen-bond acceptors (Lipinski definition) is 2. The molecule has 0 heterocycles. The van der Waals surface area contributed by atoms with Crippen molar-refractivity contribution in [2.75, 3.05) is 13.7 Å². The van der Waals surface area contributed by atoms with Crippen LogP contribution in [0.2, 0.25) is 0 Å². The molecule has 0 saturated heterocycles. The quantitative estimate of drug-likeness (QED) is 0.867. The van der Waals surface area contributed by atoms with Crippen LogP contribution in [0.3, 0.4) is 0 Å². The minimum absolute atomic E-state index is 0.165. The van der Waals surface area contributed by atoms with Crippen molar-refractivity contribution in [3.8, 4) is 5.75 Å². The summed E-state index contributed by atoms with van der Waals surface area (Å²) in [5.41, 5.74) is 8.80. The van der Waals surface area contributed by atoms with Gasteiger partial charge in [-0.1, -0.05) is 31.0 Å². The van der Waals surface area contributed by atoms with E-state index in [4.69, 9.17) is 10.5 Å². The van der Waals surface area contributed by atoms with Crippen LogP contribution in [0.25, 0.3) is 0 Å². The lowest BCUT2D eigenvalue weighted by atomic mass is 9.57. The maximum absolute atomic E-state index is 6.04. The number of methoxy groups -OCH3 is 1. The van der Waals surface area contributed by atoms with E-state index in [2.05, 4.69) is 32.0 Å². The van der Waals surface area contributed by atoms with Gasteiger partial charge < -0.3 is 10.5 Å². The molecule has 0 spiro atoms. The van der Waals surface area contributed by atoms with Gasteiger partial charge in [0.1, 0.15) is 5.75 Å². The van der Waals surface area contributed by atoms with Crippen molar-refractivity contribution in [2.24, 2.45) is 11.7 Å². The van der Waals surface area contributed by atoms with Gasteiger partial charge >= 0.3 is 0 Å². The second-order valence-corrected chi connectivity index (χ2v) is 5.37. The minimum atomic E-state index is 0.165. The molecule has 94 valence electrons. The van der Waals surface area contributed by atoms with Crippen LogP contribution in [0.4, 0.5) is 0 Å². The van der Waals surface area contributed by atoms with Crippen LogP contribution in [0.15, 0.2) is 18.2 Å². The molecule has 1 aromatic rings. The van der Waals surface area contributed by atoms with Crippen LogP contribution in [0, 0.1) is 12.8 Å². The maximum Gasteiger partial charge on any atom is 0.122 e. The first kappa shape index (κ1) is 12.4. The van der Waals surface area contributed by atoms with Crippen LogP contribution in [0.1, 0.15) is 37.3 Å². The molecule has 1 saturated carbocycles. The molecule has 0 bridgehead atoms. The van der Waals surface area contributed by atoms with Crippen molar-refractivity contribution in [2.45, 2.75) is 38.5 Å². The van der Waals surface area contributed by atoms with Crippen molar-refractivity contribution in [1.82, 2.24) is 0 Å². The van der Waals surface area contributed by atoms with Gasteiger partial charge in [0, 0.05) is 17.5 Å². The highest BCUT2D eigenvalue weighted by molar-refractivity contribution is 5.44. The summed E-state index contributed by atoms with van der Waals surface area (Å²) in [5, 5.41) is 0. The number of rotatable bonds is 4. The van der Waals surface area contributed by atoms with Crippen LogP contribution in [-0.4, -0.2) is 13.7 Å². The summed E-state index contributed by atoms with van der Waals surface area (Å²) in [4.78, 5) is 0. The van der Waals surface area contributed by atoms with E-state index < -0.39 is 0 Å². The van der Waals surface area contributed by atoms with E-state index in [-0.39, 0.29) is 5.41 Å². The number of benzene rings is 1. The first-order chi connectivity index (χ1) is 8.15. The third kappa shape index (κ3) is 2.06. The summed E-state index contributed by atoms with van der Waals surface area (Å²) in [6.07, 6.45) is 3.68. The lowest BCUT2D eigenvalue weighted by Gasteiger charge is -2.48. The Labute approximate surface area is 104 Å². The fourth-order valence-corrected chi connectivity index (χ4v) is 3.07. The van der Waals surface area contributed by atoms with E-state index in [1.54, 1.807) is 7.11 Å². The summed E-state index contributed by atoms with van der Waals surface area (Å²) in [7, 11) is 1.74. The molecule has 0 radical (unpaired) electrons. The molecule has 2 nitrogen and oxygen atoms in total. The molecular weight excluding hydrogens is 210 g/mol. The van der Waals surface area contributed by atoms with Gasteiger partial charge in [-0.15, -0.1) is 0 Å². The van der Waals surface area contributed by atoms with E-state index in [1.807, 2.05) is 0 Å². The zero-order valence-electron chi connectivity index (χ0n) is 11.1. The first-order valence-electron chi connectivity index (χ1n) is 6.50. The number of hydrogen-bond donors (Lipinski definition) is 1. The zero-order chi connectivity index (χ0) is 12.5. The first-order valence-corrected chi connectivity index (χ1v) is 6.50. The Kier molecular flexibility index (Phi) is 3.43. The molecule has 1 aliphatic rings. The second-order valence-electron chi connectivity index (χ2n) is 5.37. The maximum atomic E-state index is 6.04. The van der Waals surface area contributed by atoms with Gasteiger partial charge in [-0.25, -0.2) is 0 Å². The normalized spacial score (nSPS) is 27.6. The molecular formula is C15H23NO. The lowest BCUT2D eigenvalue weighted by Crippen LogP contribution is -2.47. The van der Waals surface area contributed by atoms with Gasteiger partial charge in [-0.3, -0.25) is 0 Å². The largest absolute Gasteiger partial charge is 0.496 e.